The second kappa shape index (κ2) is 6.24. The summed E-state index contributed by atoms with van der Waals surface area (Å²) in [7, 11) is 0. The van der Waals surface area contributed by atoms with Crippen molar-refractivity contribution >= 4 is 27.6 Å². The van der Waals surface area contributed by atoms with E-state index in [4.69, 9.17) is 4.74 Å². The van der Waals surface area contributed by atoms with Crippen LogP contribution in [0.25, 0.3) is 21.8 Å². The molecule has 0 aromatic carbocycles. The normalized spacial score (nSPS) is 22.7. The second-order valence-corrected chi connectivity index (χ2v) is 6.88. The van der Waals surface area contributed by atoms with Crippen LogP contribution in [-0.2, 0) is 4.74 Å². The first-order valence-electron chi connectivity index (χ1n) is 9.04. The molecule has 7 nitrogen and oxygen atoms in total. The number of morpholine rings is 1. The highest BCUT2D eigenvalue weighted by atomic mass is 16.5. The number of rotatable bonds is 2. The molecular formula is C18H22N6O. The molecule has 2 aliphatic rings. The summed E-state index contributed by atoms with van der Waals surface area (Å²) in [5.41, 5.74) is 0.801. The third-order valence-corrected chi connectivity index (χ3v) is 5.45. The van der Waals surface area contributed by atoms with Crippen LogP contribution in [0.15, 0.2) is 24.7 Å². The maximum absolute atomic E-state index is 5.51. The number of ether oxygens (including phenoxy) is 1. The molecule has 25 heavy (non-hydrogen) atoms. The number of piperidine rings is 1. The van der Waals surface area contributed by atoms with E-state index in [0.717, 1.165) is 61.6 Å². The molecule has 0 saturated carbocycles. The van der Waals surface area contributed by atoms with Crippen molar-refractivity contribution in [3.63, 3.8) is 0 Å². The molecular weight excluding hydrogens is 316 g/mol. The molecule has 130 valence electrons. The average Bonchev–Trinajstić information content (AvgIpc) is 3.17. The van der Waals surface area contributed by atoms with Crippen molar-refractivity contribution in [3.05, 3.63) is 24.7 Å². The van der Waals surface area contributed by atoms with Gasteiger partial charge in [0.2, 0.25) is 0 Å². The van der Waals surface area contributed by atoms with Gasteiger partial charge in [0, 0.05) is 60.8 Å². The predicted octanol–water partition coefficient (Wildman–Crippen LogP) is 1.81. The van der Waals surface area contributed by atoms with Crippen LogP contribution >= 0.6 is 0 Å². The predicted molar refractivity (Wildman–Crippen MR) is 96.8 cm³/mol. The average molecular weight is 338 g/mol. The van der Waals surface area contributed by atoms with Crippen molar-refractivity contribution < 1.29 is 4.74 Å². The lowest BCUT2D eigenvalue weighted by Crippen LogP contribution is -2.51. The maximum Gasteiger partial charge on any atom is 0.159 e. The van der Waals surface area contributed by atoms with E-state index in [0.29, 0.717) is 6.04 Å². The Bertz CT molecular complexity index is 888. The van der Waals surface area contributed by atoms with Gasteiger partial charge in [0.15, 0.2) is 5.65 Å². The number of fused-ring (bicyclic) bond motifs is 3. The van der Waals surface area contributed by atoms with Gasteiger partial charge in [-0.3, -0.25) is 10.00 Å². The standard InChI is InChI=1S/C18H22N6O/c1-2-14(23-6-8-25-9-7-23)12-24(5-1)18-16-13(11-21-22-18)10-20-17-15(16)3-4-19-17/h3-4,10-11,14,22H,1-2,5-9,12H2. The van der Waals surface area contributed by atoms with E-state index in [-0.39, 0.29) is 0 Å². The first-order chi connectivity index (χ1) is 12.4. The number of anilines is 1. The minimum atomic E-state index is 0.580. The van der Waals surface area contributed by atoms with Crippen LogP contribution in [0.4, 0.5) is 5.82 Å². The summed E-state index contributed by atoms with van der Waals surface area (Å²) in [5.74, 6) is 1.09. The molecule has 3 aromatic rings. The monoisotopic (exact) mass is 338 g/mol. The topological polar surface area (TPSA) is 70.2 Å². The molecule has 5 heterocycles. The van der Waals surface area contributed by atoms with E-state index in [9.17, 15) is 0 Å². The van der Waals surface area contributed by atoms with E-state index in [1.165, 1.54) is 18.2 Å². The smallest absolute Gasteiger partial charge is 0.159 e. The molecule has 5 rings (SSSR count). The number of hydrogen-bond donors (Lipinski definition) is 1. The summed E-state index contributed by atoms with van der Waals surface area (Å²) < 4.78 is 5.51. The number of aromatic amines is 1. The quantitative estimate of drug-likeness (QED) is 0.768. The summed E-state index contributed by atoms with van der Waals surface area (Å²) in [6.07, 6.45) is 8.00. The van der Waals surface area contributed by atoms with Crippen LogP contribution in [0, 0.1) is 0 Å². The van der Waals surface area contributed by atoms with E-state index < -0.39 is 0 Å². The molecule has 2 saturated heterocycles. The lowest BCUT2D eigenvalue weighted by Gasteiger charge is -2.41. The Morgan fingerprint density at radius 2 is 2.04 bits per heavy atom. The molecule has 2 aliphatic heterocycles. The number of hydrogen-bond acceptors (Lipinski definition) is 6. The first-order valence-corrected chi connectivity index (χ1v) is 9.04. The van der Waals surface area contributed by atoms with E-state index in [1.807, 2.05) is 24.7 Å². The van der Waals surface area contributed by atoms with Gasteiger partial charge in [-0.2, -0.15) is 5.10 Å². The van der Waals surface area contributed by atoms with Gasteiger partial charge in [-0.25, -0.2) is 9.97 Å². The zero-order valence-corrected chi connectivity index (χ0v) is 14.2. The van der Waals surface area contributed by atoms with Gasteiger partial charge in [0.05, 0.1) is 19.4 Å². The van der Waals surface area contributed by atoms with Crippen molar-refractivity contribution in [3.8, 4) is 0 Å². The Balaban J connectivity index is 1.52. The van der Waals surface area contributed by atoms with Gasteiger partial charge < -0.3 is 9.64 Å². The highest BCUT2D eigenvalue weighted by molar-refractivity contribution is 6.09. The fourth-order valence-electron chi connectivity index (χ4n) is 4.18. The number of nitrogens with one attached hydrogen (secondary N) is 1. The Labute approximate surface area is 146 Å². The Hall–Kier alpha value is -2.25. The van der Waals surface area contributed by atoms with Gasteiger partial charge in [0.25, 0.3) is 0 Å². The molecule has 1 unspecified atom stereocenters. The highest BCUT2D eigenvalue weighted by Crippen LogP contribution is 2.31. The van der Waals surface area contributed by atoms with Crippen molar-refractivity contribution in [2.45, 2.75) is 18.9 Å². The molecule has 0 radical (unpaired) electrons. The first kappa shape index (κ1) is 15.0. The van der Waals surface area contributed by atoms with Crippen LogP contribution in [0.1, 0.15) is 12.8 Å². The molecule has 0 aliphatic carbocycles. The lowest BCUT2D eigenvalue weighted by atomic mass is 10.0. The molecule has 2 fully saturated rings. The van der Waals surface area contributed by atoms with Gasteiger partial charge >= 0.3 is 0 Å². The molecule has 7 heteroatoms. The third kappa shape index (κ3) is 2.63. The van der Waals surface area contributed by atoms with Crippen molar-refractivity contribution in [2.75, 3.05) is 44.3 Å². The highest BCUT2D eigenvalue weighted by Gasteiger charge is 2.28. The van der Waals surface area contributed by atoms with Crippen molar-refractivity contribution in [2.24, 2.45) is 0 Å². The number of nitrogens with zero attached hydrogens (tertiary/aromatic N) is 5. The largest absolute Gasteiger partial charge is 0.379 e. The summed E-state index contributed by atoms with van der Waals surface area (Å²) in [4.78, 5) is 13.8. The molecule has 0 bridgehead atoms. The summed E-state index contributed by atoms with van der Waals surface area (Å²) in [5, 5.41) is 11.0. The lowest BCUT2D eigenvalue weighted by molar-refractivity contribution is 0.0137. The van der Waals surface area contributed by atoms with Gasteiger partial charge in [-0.1, -0.05) is 0 Å². The molecule has 0 spiro atoms. The Morgan fingerprint density at radius 3 is 2.96 bits per heavy atom. The fourth-order valence-corrected chi connectivity index (χ4v) is 4.18. The molecule has 1 N–H and O–H groups in total. The van der Waals surface area contributed by atoms with Crippen molar-refractivity contribution in [1.29, 1.82) is 0 Å². The van der Waals surface area contributed by atoms with E-state index >= 15 is 0 Å². The van der Waals surface area contributed by atoms with Gasteiger partial charge in [-0.15, -0.1) is 0 Å². The minimum Gasteiger partial charge on any atom is -0.379 e. The number of pyridine rings is 1. The summed E-state index contributed by atoms with van der Waals surface area (Å²) in [6, 6.07) is 2.63. The summed E-state index contributed by atoms with van der Waals surface area (Å²) >= 11 is 0. The van der Waals surface area contributed by atoms with E-state index in [2.05, 4.69) is 30.0 Å². The second-order valence-electron chi connectivity index (χ2n) is 6.88. The van der Waals surface area contributed by atoms with Gasteiger partial charge in [0.1, 0.15) is 5.82 Å². The Morgan fingerprint density at radius 1 is 1.12 bits per heavy atom. The van der Waals surface area contributed by atoms with Gasteiger partial charge in [-0.05, 0) is 18.9 Å². The van der Waals surface area contributed by atoms with Crippen molar-refractivity contribution in [1.82, 2.24) is 25.1 Å². The molecule has 3 aromatic heterocycles. The zero-order valence-electron chi connectivity index (χ0n) is 14.2. The Kier molecular flexibility index (Phi) is 3.75. The van der Waals surface area contributed by atoms with Crippen LogP contribution < -0.4 is 4.90 Å². The molecule has 1 atom stereocenters. The SMILES string of the molecule is c1cc2c(n1)ncc1cn[nH]c(N3CCCC(N4CCOCC4)C3)c12. The van der Waals surface area contributed by atoms with Crippen LogP contribution in [0.2, 0.25) is 0 Å². The fraction of sp³-hybridized carbons (Fsp3) is 0.500. The van der Waals surface area contributed by atoms with E-state index in [1.54, 1.807) is 0 Å². The van der Waals surface area contributed by atoms with Crippen LogP contribution in [0.5, 0.6) is 0 Å². The number of H-pyrrole nitrogens is 1. The van der Waals surface area contributed by atoms with Crippen LogP contribution in [0.3, 0.4) is 0 Å². The maximum atomic E-state index is 5.51. The zero-order chi connectivity index (χ0) is 16.6. The minimum absolute atomic E-state index is 0.580. The summed E-state index contributed by atoms with van der Waals surface area (Å²) in [6.45, 7) is 5.85. The molecule has 0 amide bonds. The third-order valence-electron chi connectivity index (χ3n) is 5.45. The number of aromatic nitrogens is 4. The van der Waals surface area contributed by atoms with Crippen LogP contribution in [-0.4, -0.2) is 70.5 Å².